The first kappa shape index (κ1) is 19.6. The zero-order chi connectivity index (χ0) is 18.6. The SMILES string of the molecule is COCC1(C(=O)N2CCN(C(C)c3ccc(Cl)cc3)CC2)CCNCC1. The van der Waals surface area contributed by atoms with Crippen LogP contribution in [0.5, 0.6) is 0 Å². The van der Waals surface area contributed by atoms with Crippen molar-refractivity contribution in [3.63, 3.8) is 0 Å². The number of hydrogen-bond donors (Lipinski definition) is 1. The van der Waals surface area contributed by atoms with Gasteiger partial charge in [-0.25, -0.2) is 0 Å². The highest BCUT2D eigenvalue weighted by Crippen LogP contribution is 2.32. The van der Waals surface area contributed by atoms with Crippen LogP contribution in [-0.2, 0) is 9.53 Å². The number of amides is 1. The average molecular weight is 380 g/mol. The summed E-state index contributed by atoms with van der Waals surface area (Å²) in [5, 5.41) is 4.12. The Morgan fingerprint density at radius 2 is 1.81 bits per heavy atom. The number of ether oxygens (including phenoxy) is 1. The van der Waals surface area contributed by atoms with Crippen LogP contribution in [0.25, 0.3) is 0 Å². The third-order valence-corrected chi connectivity index (χ3v) is 6.19. The van der Waals surface area contributed by atoms with Crippen molar-refractivity contribution in [1.29, 1.82) is 0 Å². The van der Waals surface area contributed by atoms with E-state index >= 15 is 0 Å². The lowest BCUT2D eigenvalue weighted by atomic mass is 9.78. The highest BCUT2D eigenvalue weighted by molar-refractivity contribution is 6.30. The minimum absolute atomic E-state index is 0.277. The number of piperidine rings is 1. The van der Waals surface area contributed by atoms with Crippen molar-refractivity contribution >= 4 is 17.5 Å². The average Bonchev–Trinajstić information content (AvgIpc) is 2.68. The smallest absolute Gasteiger partial charge is 0.231 e. The first-order valence-electron chi connectivity index (χ1n) is 9.54. The van der Waals surface area contributed by atoms with E-state index in [2.05, 4.69) is 34.2 Å². The summed E-state index contributed by atoms with van der Waals surface area (Å²) in [4.78, 5) is 17.7. The van der Waals surface area contributed by atoms with Gasteiger partial charge in [-0.3, -0.25) is 9.69 Å². The zero-order valence-electron chi connectivity index (χ0n) is 15.8. The number of methoxy groups -OCH3 is 1. The highest BCUT2D eigenvalue weighted by Gasteiger charge is 2.43. The molecule has 0 spiro atoms. The van der Waals surface area contributed by atoms with Gasteiger partial charge in [0.25, 0.3) is 0 Å². The maximum Gasteiger partial charge on any atom is 0.231 e. The van der Waals surface area contributed by atoms with Gasteiger partial charge in [-0.05, 0) is 50.6 Å². The Balaban J connectivity index is 1.60. The normalized spacial score (nSPS) is 22.2. The van der Waals surface area contributed by atoms with E-state index < -0.39 is 0 Å². The first-order chi connectivity index (χ1) is 12.6. The summed E-state index contributed by atoms with van der Waals surface area (Å²) in [6.07, 6.45) is 1.72. The fourth-order valence-electron chi connectivity index (χ4n) is 4.20. The number of benzene rings is 1. The van der Waals surface area contributed by atoms with Crippen LogP contribution in [0.1, 0.15) is 31.4 Å². The molecule has 2 saturated heterocycles. The van der Waals surface area contributed by atoms with Gasteiger partial charge in [0.1, 0.15) is 0 Å². The van der Waals surface area contributed by atoms with Crippen LogP contribution in [-0.4, -0.2) is 68.7 Å². The van der Waals surface area contributed by atoms with Gasteiger partial charge in [0.05, 0.1) is 12.0 Å². The lowest BCUT2D eigenvalue weighted by Crippen LogP contribution is -2.56. The van der Waals surface area contributed by atoms with Crippen molar-refractivity contribution in [2.24, 2.45) is 5.41 Å². The van der Waals surface area contributed by atoms with Crippen molar-refractivity contribution in [1.82, 2.24) is 15.1 Å². The summed E-state index contributed by atoms with van der Waals surface area (Å²) in [7, 11) is 1.70. The second-order valence-electron chi connectivity index (χ2n) is 7.52. The van der Waals surface area contributed by atoms with Gasteiger partial charge >= 0.3 is 0 Å². The molecule has 1 unspecified atom stereocenters. The number of nitrogens with one attached hydrogen (secondary N) is 1. The summed E-state index contributed by atoms with van der Waals surface area (Å²) in [5.41, 5.74) is 0.924. The molecule has 5 nitrogen and oxygen atoms in total. The Morgan fingerprint density at radius 3 is 2.38 bits per heavy atom. The Kier molecular flexibility index (Phi) is 6.56. The van der Waals surface area contributed by atoms with E-state index in [9.17, 15) is 4.79 Å². The second kappa shape index (κ2) is 8.70. The van der Waals surface area contributed by atoms with Crippen molar-refractivity contribution in [2.75, 3.05) is 53.0 Å². The van der Waals surface area contributed by atoms with Crippen LogP contribution in [0, 0.1) is 5.41 Å². The van der Waals surface area contributed by atoms with Crippen LogP contribution in [0.3, 0.4) is 0 Å². The van der Waals surface area contributed by atoms with Crippen LogP contribution in [0.4, 0.5) is 0 Å². The molecule has 1 amide bonds. The molecule has 6 heteroatoms. The predicted molar refractivity (Wildman–Crippen MR) is 104 cm³/mol. The van der Waals surface area contributed by atoms with Gasteiger partial charge in [-0.1, -0.05) is 23.7 Å². The van der Waals surface area contributed by atoms with Crippen molar-refractivity contribution in [2.45, 2.75) is 25.8 Å². The molecule has 2 aliphatic heterocycles. The van der Waals surface area contributed by atoms with E-state index in [0.29, 0.717) is 12.6 Å². The molecule has 26 heavy (non-hydrogen) atoms. The summed E-state index contributed by atoms with van der Waals surface area (Å²) in [6, 6.07) is 8.40. The van der Waals surface area contributed by atoms with Gasteiger partial charge < -0.3 is 15.0 Å². The largest absolute Gasteiger partial charge is 0.384 e. The minimum Gasteiger partial charge on any atom is -0.384 e. The minimum atomic E-state index is -0.343. The Hall–Kier alpha value is -1.14. The summed E-state index contributed by atoms with van der Waals surface area (Å²) >= 11 is 6.00. The highest BCUT2D eigenvalue weighted by atomic mass is 35.5. The molecule has 2 aliphatic rings. The molecule has 1 atom stereocenters. The number of hydrogen-bond acceptors (Lipinski definition) is 4. The summed E-state index contributed by atoms with van der Waals surface area (Å²) in [6.45, 7) is 7.90. The predicted octanol–water partition coefficient (Wildman–Crippen LogP) is 2.56. The molecular weight excluding hydrogens is 350 g/mol. The number of halogens is 1. The van der Waals surface area contributed by atoms with E-state index in [1.54, 1.807) is 7.11 Å². The summed E-state index contributed by atoms with van der Waals surface area (Å²) in [5.74, 6) is 0.277. The first-order valence-corrected chi connectivity index (χ1v) is 9.92. The van der Waals surface area contributed by atoms with Gasteiger partial charge in [-0.2, -0.15) is 0 Å². The van der Waals surface area contributed by atoms with Crippen molar-refractivity contribution in [3.05, 3.63) is 34.9 Å². The van der Waals surface area contributed by atoms with Crippen LogP contribution in [0.2, 0.25) is 5.02 Å². The van der Waals surface area contributed by atoms with Gasteiger partial charge in [0.2, 0.25) is 5.91 Å². The number of carbonyl (C=O) groups is 1. The van der Waals surface area contributed by atoms with Crippen molar-refractivity contribution in [3.8, 4) is 0 Å². The molecule has 0 bridgehead atoms. The van der Waals surface area contributed by atoms with Gasteiger partial charge in [-0.15, -0.1) is 0 Å². The number of nitrogens with zero attached hydrogens (tertiary/aromatic N) is 2. The standard InChI is InChI=1S/C20H30ClN3O2/c1-16(17-3-5-18(21)6-4-17)23-11-13-24(14-12-23)19(25)20(15-26-2)7-9-22-10-8-20/h3-6,16,22H,7-15H2,1-2H3. The van der Waals surface area contributed by atoms with Crippen LogP contribution < -0.4 is 5.32 Å². The molecule has 1 N–H and O–H groups in total. The number of piperazine rings is 1. The van der Waals surface area contributed by atoms with E-state index in [4.69, 9.17) is 16.3 Å². The molecule has 1 aromatic carbocycles. The van der Waals surface area contributed by atoms with Crippen LogP contribution in [0.15, 0.2) is 24.3 Å². The molecule has 2 heterocycles. The molecular formula is C20H30ClN3O2. The Labute approximate surface area is 161 Å². The fourth-order valence-corrected chi connectivity index (χ4v) is 4.33. The van der Waals surface area contributed by atoms with Gasteiger partial charge in [0.15, 0.2) is 0 Å². The summed E-state index contributed by atoms with van der Waals surface area (Å²) < 4.78 is 5.43. The van der Waals surface area contributed by atoms with Gasteiger partial charge in [0, 0.05) is 44.4 Å². The molecule has 3 rings (SSSR count). The number of carbonyl (C=O) groups excluding carboxylic acids is 1. The van der Waals surface area contributed by atoms with E-state index in [1.807, 2.05) is 12.1 Å². The van der Waals surface area contributed by atoms with E-state index in [1.165, 1.54) is 5.56 Å². The Bertz CT molecular complexity index is 588. The molecule has 2 fully saturated rings. The second-order valence-corrected chi connectivity index (χ2v) is 7.96. The zero-order valence-corrected chi connectivity index (χ0v) is 16.6. The molecule has 1 aromatic rings. The molecule has 144 valence electrons. The Morgan fingerprint density at radius 1 is 1.19 bits per heavy atom. The maximum atomic E-state index is 13.2. The van der Waals surface area contributed by atoms with E-state index in [0.717, 1.165) is 57.1 Å². The molecule has 0 saturated carbocycles. The number of rotatable bonds is 5. The topological polar surface area (TPSA) is 44.8 Å². The molecule has 0 radical (unpaired) electrons. The lowest BCUT2D eigenvalue weighted by Gasteiger charge is -2.44. The van der Waals surface area contributed by atoms with Crippen molar-refractivity contribution < 1.29 is 9.53 Å². The monoisotopic (exact) mass is 379 g/mol. The molecule has 0 aliphatic carbocycles. The fraction of sp³-hybridized carbons (Fsp3) is 0.650. The van der Waals surface area contributed by atoms with Crippen LogP contribution >= 0.6 is 11.6 Å². The van der Waals surface area contributed by atoms with E-state index in [-0.39, 0.29) is 11.3 Å². The quantitative estimate of drug-likeness (QED) is 0.854. The third kappa shape index (κ3) is 4.22. The molecule has 0 aromatic heterocycles. The third-order valence-electron chi connectivity index (χ3n) is 5.94. The maximum absolute atomic E-state index is 13.2. The lowest BCUT2D eigenvalue weighted by molar-refractivity contribution is -0.149.